The molecule has 4 N–H and O–H groups in total. The first-order valence-electron chi connectivity index (χ1n) is 6.80. The fraction of sp³-hybridized carbons (Fsp3) is 0.500. The molecule has 0 saturated heterocycles. The minimum Gasteiger partial charge on any atom is -0.350 e. The highest BCUT2D eigenvalue weighted by Gasteiger charge is 2.14. The fourth-order valence-corrected chi connectivity index (χ4v) is 2.76. The maximum Gasteiger partial charge on any atom is 0.251 e. The SMILES string of the molecule is CCCS(=O)(=O)Nc1cccc(C(=O)NCC(C)(C)N)c1. The first kappa shape index (κ1) is 17.5. The molecular formula is C14H23N3O3S. The number of anilines is 1. The van der Waals surface area contributed by atoms with E-state index in [2.05, 4.69) is 10.0 Å². The Morgan fingerprint density at radius 2 is 2.00 bits per heavy atom. The number of nitrogens with two attached hydrogens (primary N) is 1. The summed E-state index contributed by atoms with van der Waals surface area (Å²) in [6.45, 7) is 5.74. The predicted octanol–water partition coefficient (Wildman–Crippen LogP) is 1.31. The molecule has 6 nitrogen and oxygen atoms in total. The van der Waals surface area contributed by atoms with Crippen molar-refractivity contribution in [3.8, 4) is 0 Å². The average molecular weight is 313 g/mol. The van der Waals surface area contributed by atoms with Gasteiger partial charge in [0.15, 0.2) is 0 Å². The van der Waals surface area contributed by atoms with Gasteiger partial charge in [0.25, 0.3) is 5.91 Å². The van der Waals surface area contributed by atoms with E-state index in [4.69, 9.17) is 5.73 Å². The van der Waals surface area contributed by atoms with Crippen LogP contribution in [0.4, 0.5) is 5.69 Å². The highest BCUT2D eigenvalue weighted by Crippen LogP contribution is 2.13. The van der Waals surface area contributed by atoms with Crippen molar-refractivity contribution in [1.29, 1.82) is 0 Å². The second-order valence-electron chi connectivity index (χ2n) is 5.67. The van der Waals surface area contributed by atoms with Gasteiger partial charge in [-0.2, -0.15) is 0 Å². The number of carbonyl (C=O) groups excluding carboxylic acids is 1. The minimum atomic E-state index is -3.36. The average Bonchev–Trinajstić information content (AvgIpc) is 2.34. The van der Waals surface area contributed by atoms with Gasteiger partial charge in [0.05, 0.1) is 5.75 Å². The molecule has 0 aliphatic rings. The summed E-state index contributed by atoms with van der Waals surface area (Å²) < 4.78 is 25.9. The van der Waals surface area contributed by atoms with Gasteiger partial charge in [-0.15, -0.1) is 0 Å². The van der Waals surface area contributed by atoms with Gasteiger partial charge >= 0.3 is 0 Å². The molecule has 0 aromatic heterocycles. The van der Waals surface area contributed by atoms with Gasteiger partial charge in [0.2, 0.25) is 10.0 Å². The van der Waals surface area contributed by atoms with Crippen LogP contribution in [0.1, 0.15) is 37.6 Å². The van der Waals surface area contributed by atoms with Crippen LogP contribution < -0.4 is 15.8 Å². The molecule has 118 valence electrons. The van der Waals surface area contributed by atoms with E-state index < -0.39 is 15.6 Å². The van der Waals surface area contributed by atoms with Gasteiger partial charge in [-0.3, -0.25) is 9.52 Å². The molecule has 1 rings (SSSR count). The lowest BCUT2D eigenvalue weighted by atomic mass is 10.1. The van der Waals surface area contributed by atoms with Crippen molar-refractivity contribution in [2.24, 2.45) is 5.73 Å². The molecule has 0 aliphatic carbocycles. The van der Waals surface area contributed by atoms with E-state index in [-0.39, 0.29) is 11.7 Å². The summed E-state index contributed by atoms with van der Waals surface area (Å²) in [6.07, 6.45) is 0.529. The summed E-state index contributed by atoms with van der Waals surface area (Å²) >= 11 is 0. The van der Waals surface area contributed by atoms with Crippen molar-refractivity contribution in [2.45, 2.75) is 32.7 Å². The number of carbonyl (C=O) groups is 1. The third kappa shape index (κ3) is 6.59. The molecule has 0 atom stereocenters. The number of rotatable bonds is 7. The number of sulfonamides is 1. The quantitative estimate of drug-likeness (QED) is 0.706. The third-order valence-corrected chi connectivity index (χ3v) is 4.07. The Bertz CT molecular complexity index is 592. The van der Waals surface area contributed by atoms with Crippen LogP contribution in [0.25, 0.3) is 0 Å². The van der Waals surface area contributed by atoms with Crippen LogP contribution in [0.15, 0.2) is 24.3 Å². The number of amides is 1. The van der Waals surface area contributed by atoms with Crippen LogP contribution in [0.5, 0.6) is 0 Å². The Morgan fingerprint density at radius 1 is 1.33 bits per heavy atom. The molecule has 1 aromatic rings. The molecule has 7 heteroatoms. The lowest BCUT2D eigenvalue weighted by Crippen LogP contribution is -2.45. The van der Waals surface area contributed by atoms with E-state index in [0.717, 1.165) is 0 Å². The molecule has 1 amide bonds. The lowest BCUT2D eigenvalue weighted by molar-refractivity contribution is 0.0946. The van der Waals surface area contributed by atoms with E-state index in [1.54, 1.807) is 25.1 Å². The standard InChI is InChI=1S/C14H23N3O3S/c1-4-8-21(19,20)17-12-7-5-6-11(9-12)13(18)16-10-14(2,3)15/h5-7,9,17H,4,8,10,15H2,1-3H3,(H,16,18). The Labute approximate surface area is 126 Å². The smallest absolute Gasteiger partial charge is 0.251 e. The Hall–Kier alpha value is -1.60. The fourth-order valence-electron chi connectivity index (χ4n) is 1.63. The van der Waals surface area contributed by atoms with Crippen LogP contribution >= 0.6 is 0 Å². The zero-order valence-corrected chi connectivity index (χ0v) is 13.5. The van der Waals surface area contributed by atoms with Gasteiger partial charge in [-0.25, -0.2) is 8.42 Å². The van der Waals surface area contributed by atoms with Gasteiger partial charge in [0, 0.05) is 23.3 Å². The number of hydrogen-bond acceptors (Lipinski definition) is 4. The van der Waals surface area contributed by atoms with Gasteiger partial charge < -0.3 is 11.1 Å². The van der Waals surface area contributed by atoms with E-state index in [1.807, 2.05) is 13.8 Å². The molecule has 1 aromatic carbocycles. The van der Waals surface area contributed by atoms with Crippen LogP contribution in [0, 0.1) is 0 Å². The number of benzene rings is 1. The lowest BCUT2D eigenvalue weighted by Gasteiger charge is -2.19. The van der Waals surface area contributed by atoms with Gasteiger partial charge in [-0.05, 0) is 38.5 Å². The van der Waals surface area contributed by atoms with Crippen LogP contribution in [-0.4, -0.2) is 32.2 Å². The zero-order chi connectivity index (χ0) is 16.1. The monoisotopic (exact) mass is 313 g/mol. The summed E-state index contributed by atoms with van der Waals surface area (Å²) in [5.41, 5.74) is 6.06. The van der Waals surface area contributed by atoms with Crippen molar-refractivity contribution in [2.75, 3.05) is 17.0 Å². The molecule has 0 heterocycles. The number of hydrogen-bond donors (Lipinski definition) is 3. The summed E-state index contributed by atoms with van der Waals surface area (Å²) in [4.78, 5) is 12.0. The first-order chi connectivity index (χ1) is 9.63. The van der Waals surface area contributed by atoms with Crippen molar-refractivity contribution in [3.05, 3.63) is 29.8 Å². The summed E-state index contributed by atoms with van der Waals surface area (Å²) in [5.74, 6) is -0.241. The second kappa shape index (κ2) is 6.91. The van der Waals surface area contributed by atoms with E-state index in [1.165, 1.54) is 6.07 Å². The van der Waals surface area contributed by atoms with E-state index >= 15 is 0 Å². The van der Waals surface area contributed by atoms with Gasteiger partial charge in [0.1, 0.15) is 0 Å². The minimum absolute atomic E-state index is 0.0464. The maximum absolute atomic E-state index is 12.0. The normalized spacial score (nSPS) is 12.0. The van der Waals surface area contributed by atoms with Crippen LogP contribution in [0.3, 0.4) is 0 Å². The molecule has 0 unspecified atom stereocenters. The predicted molar refractivity (Wildman–Crippen MR) is 84.7 cm³/mol. The molecule has 0 spiro atoms. The van der Waals surface area contributed by atoms with Crippen LogP contribution in [0.2, 0.25) is 0 Å². The van der Waals surface area contributed by atoms with Crippen molar-refractivity contribution >= 4 is 21.6 Å². The Kier molecular flexibility index (Phi) is 5.74. The highest BCUT2D eigenvalue weighted by molar-refractivity contribution is 7.92. The van der Waals surface area contributed by atoms with Crippen molar-refractivity contribution in [1.82, 2.24) is 5.32 Å². The van der Waals surface area contributed by atoms with E-state index in [0.29, 0.717) is 24.2 Å². The van der Waals surface area contributed by atoms with Gasteiger partial charge in [-0.1, -0.05) is 13.0 Å². The third-order valence-electron chi connectivity index (χ3n) is 2.58. The molecule has 0 fully saturated rings. The highest BCUT2D eigenvalue weighted by atomic mass is 32.2. The molecule has 0 radical (unpaired) electrons. The molecular weight excluding hydrogens is 290 g/mol. The molecule has 0 saturated carbocycles. The second-order valence-corrected chi connectivity index (χ2v) is 7.51. The first-order valence-corrected chi connectivity index (χ1v) is 8.46. The number of nitrogens with one attached hydrogen (secondary N) is 2. The summed E-state index contributed by atoms with van der Waals surface area (Å²) in [7, 11) is -3.36. The van der Waals surface area contributed by atoms with Crippen LogP contribution in [-0.2, 0) is 10.0 Å². The van der Waals surface area contributed by atoms with Crippen molar-refractivity contribution < 1.29 is 13.2 Å². The van der Waals surface area contributed by atoms with Crippen molar-refractivity contribution in [3.63, 3.8) is 0 Å². The van der Waals surface area contributed by atoms with E-state index in [9.17, 15) is 13.2 Å². The Balaban J connectivity index is 2.79. The summed E-state index contributed by atoms with van der Waals surface area (Å²) in [5, 5.41) is 2.71. The molecule has 0 aliphatic heterocycles. The maximum atomic E-state index is 12.0. The topological polar surface area (TPSA) is 101 Å². The molecule has 21 heavy (non-hydrogen) atoms. The largest absolute Gasteiger partial charge is 0.350 e. The zero-order valence-electron chi connectivity index (χ0n) is 12.6. The summed E-state index contributed by atoms with van der Waals surface area (Å²) in [6, 6.07) is 6.37. The Morgan fingerprint density at radius 3 is 2.57 bits per heavy atom. The molecule has 0 bridgehead atoms.